The van der Waals surface area contributed by atoms with Crippen LogP contribution in [0.2, 0.25) is 0 Å². The first kappa shape index (κ1) is 17.4. The molecule has 1 aromatic rings. The Kier molecular flexibility index (Phi) is 5.57. The van der Waals surface area contributed by atoms with Gasteiger partial charge in [-0.25, -0.2) is 0 Å². The first-order valence-corrected chi connectivity index (χ1v) is 9.35. The van der Waals surface area contributed by atoms with E-state index in [9.17, 15) is 9.90 Å². The maximum absolute atomic E-state index is 13.0. The number of nitrogens with zero attached hydrogens (tertiary/aromatic N) is 2. The molecule has 1 heterocycles. The van der Waals surface area contributed by atoms with E-state index in [0.29, 0.717) is 25.2 Å². The van der Waals surface area contributed by atoms with Crippen LogP contribution in [-0.4, -0.2) is 52.6 Å². The highest BCUT2D eigenvalue weighted by atomic mass is 16.3. The third kappa shape index (κ3) is 3.50. The Bertz CT molecular complexity index is 565. The first-order valence-electron chi connectivity index (χ1n) is 9.35. The van der Waals surface area contributed by atoms with E-state index in [-0.39, 0.29) is 18.6 Å². The summed E-state index contributed by atoms with van der Waals surface area (Å²) in [7, 11) is 0. The van der Waals surface area contributed by atoms with Crippen LogP contribution in [0.5, 0.6) is 0 Å². The molecule has 0 spiro atoms. The number of fused-ring (bicyclic) bond motifs is 1. The minimum absolute atomic E-state index is 0.0943. The fourth-order valence-corrected chi connectivity index (χ4v) is 4.56. The molecule has 2 aliphatic rings. The van der Waals surface area contributed by atoms with Crippen LogP contribution in [0, 0.1) is 0 Å². The van der Waals surface area contributed by atoms with E-state index < -0.39 is 0 Å². The lowest BCUT2D eigenvalue weighted by atomic mass is 9.97. The van der Waals surface area contributed by atoms with E-state index in [2.05, 4.69) is 47.9 Å². The van der Waals surface area contributed by atoms with E-state index in [1.807, 2.05) is 0 Å². The quantitative estimate of drug-likeness (QED) is 0.903. The van der Waals surface area contributed by atoms with Crippen LogP contribution in [0.25, 0.3) is 0 Å². The van der Waals surface area contributed by atoms with Gasteiger partial charge in [-0.15, -0.1) is 0 Å². The van der Waals surface area contributed by atoms with Crippen LogP contribution >= 0.6 is 0 Å². The summed E-state index contributed by atoms with van der Waals surface area (Å²) in [6.07, 6.45) is 5.51. The SMILES string of the molecule is CC1CCCC(C)N1C(=O)CN(CCO)C1CCc2ccccc21. The molecule has 0 saturated carbocycles. The lowest BCUT2D eigenvalue weighted by Crippen LogP contribution is -2.51. The fourth-order valence-electron chi connectivity index (χ4n) is 4.56. The number of benzene rings is 1. The molecule has 132 valence electrons. The molecule has 0 aromatic heterocycles. The van der Waals surface area contributed by atoms with Crippen molar-refractivity contribution < 1.29 is 9.90 Å². The number of hydrogen-bond donors (Lipinski definition) is 1. The average Bonchev–Trinajstić information content (AvgIpc) is 2.98. The van der Waals surface area contributed by atoms with Crippen molar-refractivity contribution in [3.05, 3.63) is 35.4 Å². The van der Waals surface area contributed by atoms with Gasteiger partial charge in [-0.05, 0) is 57.1 Å². The summed E-state index contributed by atoms with van der Waals surface area (Å²) in [6, 6.07) is 9.43. The minimum atomic E-state index is 0.0943. The minimum Gasteiger partial charge on any atom is -0.395 e. The number of piperidine rings is 1. The van der Waals surface area contributed by atoms with Crippen molar-refractivity contribution in [1.82, 2.24) is 9.80 Å². The topological polar surface area (TPSA) is 43.8 Å². The first-order chi connectivity index (χ1) is 11.6. The van der Waals surface area contributed by atoms with Gasteiger partial charge in [0.1, 0.15) is 0 Å². The van der Waals surface area contributed by atoms with Gasteiger partial charge in [-0.3, -0.25) is 9.69 Å². The molecule has 1 aliphatic carbocycles. The molecule has 1 saturated heterocycles. The molecule has 0 bridgehead atoms. The molecule has 24 heavy (non-hydrogen) atoms. The highest BCUT2D eigenvalue weighted by Gasteiger charge is 2.33. The van der Waals surface area contributed by atoms with E-state index >= 15 is 0 Å². The zero-order chi connectivity index (χ0) is 17.1. The number of aryl methyl sites for hydroxylation is 1. The van der Waals surface area contributed by atoms with Crippen molar-refractivity contribution in [3.8, 4) is 0 Å². The molecule has 1 fully saturated rings. The van der Waals surface area contributed by atoms with Gasteiger partial charge in [0.15, 0.2) is 0 Å². The summed E-state index contributed by atoms with van der Waals surface area (Å²) in [6.45, 7) is 5.39. The summed E-state index contributed by atoms with van der Waals surface area (Å²) in [5.41, 5.74) is 2.72. The standard InChI is InChI=1S/C20H30N2O2/c1-15-6-5-7-16(2)22(15)20(24)14-21(12-13-23)19-11-10-17-8-3-4-9-18(17)19/h3-4,8-9,15-16,19,23H,5-7,10-14H2,1-2H3. The van der Waals surface area contributed by atoms with E-state index in [4.69, 9.17) is 0 Å². The lowest BCUT2D eigenvalue weighted by molar-refractivity contribution is -0.139. The molecule has 0 radical (unpaired) electrons. The molecule has 4 nitrogen and oxygen atoms in total. The smallest absolute Gasteiger partial charge is 0.237 e. The molecule has 3 atom stereocenters. The van der Waals surface area contributed by atoms with Crippen molar-refractivity contribution in [3.63, 3.8) is 0 Å². The Morgan fingerprint density at radius 2 is 1.92 bits per heavy atom. The number of rotatable bonds is 5. The van der Waals surface area contributed by atoms with Gasteiger partial charge in [0.05, 0.1) is 13.2 Å². The normalized spacial score (nSPS) is 26.7. The molecule has 1 N–H and O–H groups in total. The second-order valence-corrected chi connectivity index (χ2v) is 7.38. The summed E-state index contributed by atoms with van der Waals surface area (Å²) in [5, 5.41) is 9.51. The Hall–Kier alpha value is -1.39. The Morgan fingerprint density at radius 1 is 1.21 bits per heavy atom. The maximum Gasteiger partial charge on any atom is 0.237 e. The predicted octanol–water partition coefficient (Wildman–Crippen LogP) is 2.76. The van der Waals surface area contributed by atoms with Crippen molar-refractivity contribution in [2.45, 2.75) is 64.1 Å². The number of carbonyl (C=O) groups is 1. The molecular weight excluding hydrogens is 300 g/mol. The molecule has 4 heteroatoms. The molecule has 1 amide bonds. The van der Waals surface area contributed by atoms with Crippen molar-refractivity contribution in [2.24, 2.45) is 0 Å². The summed E-state index contributed by atoms with van der Waals surface area (Å²) in [4.78, 5) is 17.2. The van der Waals surface area contributed by atoms with E-state index in [1.165, 1.54) is 17.5 Å². The summed E-state index contributed by atoms with van der Waals surface area (Å²) in [5.74, 6) is 0.215. The second kappa shape index (κ2) is 7.66. The van der Waals surface area contributed by atoms with Crippen molar-refractivity contribution in [1.29, 1.82) is 0 Å². The summed E-state index contributed by atoms with van der Waals surface area (Å²) < 4.78 is 0. The zero-order valence-electron chi connectivity index (χ0n) is 14.9. The highest BCUT2D eigenvalue weighted by molar-refractivity contribution is 5.79. The zero-order valence-corrected chi connectivity index (χ0v) is 14.9. The Morgan fingerprint density at radius 3 is 2.62 bits per heavy atom. The van der Waals surface area contributed by atoms with E-state index in [0.717, 1.165) is 25.7 Å². The van der Waals surface area contributed by atoms with Gasteiger partial charge in [0, 0.05) is 24.7 Å². The van der Waals surface area contributed by atoms with Gasteiger partial charge in [0.2, 0.25) is 5.91 Å². The number of aliphatic hydroxyl groups is 1. The molecule has 3 unspecified atom stereocenters. The van der Waals surface area contributed by atoms with Gasteiger partial charge in [-0.1, -0.05) is 24.3 Å². The number of amides is 1. The number of carbonyl (C=O) groups excluding carboxylic acids is 1. The predicted molar refractivity (Wildman–Crippen MR) is 95.8 cm³/mol. The Labute approximate surface area is 145 Å². The van der Waals surface area contributed by atoms with Crippen LogP contribution < -0.4 is 0 Å². The molecular formula is C20H30N2O2. The average molecular weight is 330 g/mol. The van der Waals surface area contributed by atoms with Crippen LogP contribution in [0.1, 0.15) is 56.7 Å². The second-order valence-electron chi connectivity index (χ2n) is 7.38. The van der Waals surface area contributed by atoms with E-state index in [1.54, 1.807) is 0 Å². The lowest BCUT2D eigenvalue weighted by Gasteiger charge is -2.41. The largest absolute Gasteiger partial charge is 0.395 e. The van der Waals surface area contributed by atoms with Gasteiger partial charge >= 0.3 is 0 Å². The van der Waals surface area contributed by atoms with Crippen molar-refractivity contribution >= 4 is 5.91 Å². The Balaban J connectivity index is 1.74. The molecule has 1 aromatic carbocycles. The fraction of sp³-hybridized carbons (Fsp3) is 0.650. The number of aliphatic hydroxyl groups excluding tert-OH is 1. The maximum atomic E-state index is 13.0. The third-order valence-electron chi connectivity index (χ3n) is 5.75. The molecule has 3 rings (SSSR count). The molecule has 1 aliphatic heterocycles. The van der Waals surface area contributed by atoms with Crippen LogP contribution in [0.15, 0.2) is 24.3 Å². The number of likely N-dealkylation sites (tertiary alicyclic amines) is 1. The van der Waals surface area contributed by atoms with Crippen LogP contribution in [0.4, 0.5) is 0 Å². The summed E-state index contributed by atoms with van der Waals surface area (Å²) >= 11 is 0. The number of hydrogen-bond acceptors (Lipinski definition) is 3. The van der Waals surface area contributed by atoms with Crippen molar-refractivity contribution in [2.75, 3.05) is 19.7 Å². The van der Waals surface area contributed by atoms with Crippen LogP contribution in [0.3, 0.4) is 0 Å². The monoisotopic (exact) mass is 330 g/mol. The van der Waals surface area contributed by atoms with Gasteiger partial charge in [-0.2, -0.15) is 0 Å². The van der Waals surface area contributed by atoms with Gasteiger partial charge < -0.3 is 10.0 Å². The van der Waals surface area contributed by atoms with Crippen LogP contribution in [-0.2, 0) is 11.2 Å². The highest BCUT2D eigenvalue weighted by Crippen LogP contribution is 2.35. The van der Waals surface area contributed by atoms with Gasteiger partial charge in [0.25, 0.3) is 0 Å². The third-order valence-corrected chi connectivity index (χ3v) is 5.75.